The molecule has 1 heterocycles. The number of benzene rings is 1. The minimum Gasteiger partial charge on any atom is -0.325 e. The maximum Gasteiger partial charge on any atom is 0.228 e. The van der Waals surface area contributed by atoms with Crippen LogP contribution in [0.5, 0.6) is 0 Å². The number of aryl methyl sites for hydroxylation is 2. The lowest BCUT2D eigenvalue weighted by Crippen LogP contribution is -2.42. The van der Waals surface area contributed by atoms with E-state index in [2.05, 4.69) is 43.5 Å². The number of amides is 1. The first-order valence-electron chi connectivity index (χ1n) is 7.24. The van der Waals surface area contributed by atoms with E-state index in [1.165, 1.54) is 5.56 Å². The van der Waals surface area contributed by atoms with Crippen molar-refractivity contribution >= 4 is 11.6 Å². The van der Waals surface area contributed by atoms with Gasteiger partial charge in [-0.05, 0) is 44.2 Å². The average molecular weight is 260 g/mol. The van der Waals surface area contributed by atoms with E-state index in [4.69, 9.17) is 0 Å². The predicted molar refractivity (Wildman–Crippen MR) is 79.4 cm³/mol. The van der Waals surface area contributed by atoms with Crippen LogP contribution in [0.2, 0.25) is 0 Å². The number of hydrogen-bond acceptors (Lipinski definition) is 2. The Morgan fingerprint density at radius 2 is 2.21 bits per heavy atom. The Hall–Kier alpha value is -1.35. The average Bonchev–Trinajstić information content (AvgIpc) is 2.41. The molecule has 3 heteroatoms. The lowest BCUT2D eigenvalue weighted by atomic mass is 9.94. The zero-order valence-corrected chi connectivity index (χ0v) is 12.1. The van der Waals surface area contributed by atoms with Gasteiger partial charge in [-0.1, -0.05) is 25.1 Å². The number of piperidine rings is 1. The molecular weight excluding hydrogens is 236 g/mol. The molecule has 19 heavy (non-hydrogen) atoms. The fourth-order valence-corrected chi connectivity index (χ4v) is 2.65. The van der Waals surface area contributed by atoms with Crippen LogP contribution in [0.25, 0.3) is 0 Å². The summed E-state index contributed by atoms with van der Waals surface area (Å²) in [6.45, 7) is 7.13. The van der Waals surface area contributed by atoms with Crippen LogP contribution in [0.4, 0.5) is 5.69 Å². The van der Waals surface area contributed by atoms with Crippen LogP contribution in [-0.4, -0.2) is 18.5 Å². The summed E-state index contributed by atoms with van der Waals surface area (Å²) in [4.78, 5) is 12.3. The molecule has 1 saturated heterocycles. The molecule has 1 fully saturated rings. The fraction of sp³-hybridized carbons (Fsp3) is 0.562. The molecule has 1 aliphatic rings. The Morgan fingerprint density at radius 3 is 2.84 bits per heavy atom. The van der Waals surface area contributed by atoms with Crippen molar-refractivity contribution in [1.29, 1.82) is 0 Å². The molecule has 0 saturated carbocycles. The van der Waals surface area contributed by atoms with E-state index in [9.17, 15) is 4.79 Å². The lowest BCUT2D eigenvalue weighted by Gasteiger charge is -2.27. The molecular formula is C16H24N2O. The first kappa shape index (κ1) is 14.1. The maximum atomic E-state index is 12.3. The van der Waals surface area contributed by atoms with Gasteiger partial charge < -0.3 is 10.6 Å². The molecule has 0 aliphatic carbocycles. The Labute approximate surface area is 115 Å². The van der Waals surface area contributed by atoms with Gasteiger partial charge in [-0.25, -0.2) is 0 Å². The molecule has 2 N–H and O–H groups in total. The topological polar surface area (TPSA) is 41.1 Å². The van der Waals surface area contributed by atoms with Crippen LogP contribution >= 0.6 is 0 Å². The van der Waals surface area contributed by atoms with Crippen LogP contribution in [0.15, 0.2) is 18.2 Å². The van der Waals surface area contributed by atoms with Gasteiger partial charge in [-0.15, -0.1) is 0 Å². The van der Waals surface area contributed by atoms with Crippen LogP contribution in [-0.2, 0) is 11.2 Å². The SMILES string of the molecule is CCc1cccc(C)c1NC(=O)C1CCC(C)NC1. The van der Waals surface area contributed by atoms with Crippen molar-refractivity contribution in [3.05, 3.63) is 29.3 Å². The van der Waals surface area contributed by atoms with Crippen LogP contribution in [0.3, 0.4) is 0 Å². The minimum atomic E-state index is 0.0977. The van der Waals surface area contributed by atoms with Crippen LogP contribution < -0.4 is 10.6 Å². The smallest absolute Gasteiger partial charge is 0.228 e. The molecule has 0 bridgehead atoms. The third kappa shape index (κ3) is 3.35. The summed E-state index contributed by atoms with van der Waals surface area (Å²) >= 11 is 0. The Balaban J connectivity index is 2.06. The van der Waals surface area contributed by atoms with E-state index in [0.717, 1.165) is 37.1 Å². The summed E-state index contributed by atoms with van der Waals surface area (Å²) in [5, 5.41) is 6.52. The fourth-order valence-electron chi connectivity index (χ4n) is 2.65. The van der Waals surface area contributed by atoms with E-state index in [0.29, 0.717) is 6.04 Å². The number of para-hydroxylation sites is 1. The highest BCUT2D eigenvalue weighted by Crippen LogP contribution is 2.23. The maximum absolute atomic E-state index is 12.3. The second-order valence-electron chi connectivity index (χ2n) is 5.54. The van der Waals surface area contributed by atoms with Crippen LogP contribution in [0, 0.1) is 12.8 Å². The van der Waals surface area contributed by atoms with E-state index in [1.54, 1.807) is 0 Å². The number of anilines is 1. The quantitative estimate of drug-likeness (QED) is 0.877. The van der Waals surface area contributed by atoms with E-state index < -0.39 is 0 Å². The van der Waals surface area contributed by atoms with E-state index >= 15 is 0 Å². The zero-order chi connectivity index (χ0) is 13.8. The lowest BCUT2D eigenvalue weighted by molar-refractivity contribution is -0.120. The summed E-state index contributed by atoms with van der Waals surface area (Å²) in [6.07, 6.45) is 3.00. The number of hydrogen-bond donors (Lipinski definition) is 2. The normalized spacial score (nSPS) is 23.1. The Kier molecular flexibility index (Phi) is 4.59. The molecule has 104 valence electrons. The van der Waals surface area contributed by atoms with Crippen molar-refractivity contribution in [1.82, 2.24) is 5.32 Å². The summed E-state index contributed by atoms with van der Waals surface area (Å²) in [6, 6.07) is 6.72. The van der Waals surface area contributed by atoms with Gasteiger partial charge in [0.1, 0.15) is 0 Å². The monoisotopic (exact) mass is 260 g/mol. The summed E-state index contributed by atoms with van der Waals surface area (Å²) in [5.74, 6) is 0.254. The number of carbonyl (C=O) groups is 1. The van der Waals surface area contributed by atoms with Crippen molar-refractivity contribution in [2.75, 3.05) is 11.9 Å². The third-order valence-corrected chi connectivity index (χ3v) is 4.02. The molecule has 0 radical (unpaired) electrons. The summed E-state index contributed by atoms with van der Waals surface area (Å²) in [5.41, 5.74) is 3.36. The molecule has 2 unspecified atom stereocenters. The van der Waals surface area contributed by atoms with Gasteiger partial charge in [0.15, 0.2) is 0 Å². The molecule has 2 atom stereocenters. The van der Waals surface area contributed by atoms with E-state index in [1.807, 2.05) is 6.07 Å². The van der Waals surface area contributed by atoms with Gasteiger partial charge in [-0.2, -0.15) is 0 Å². The van der Waals surface area contributed by atoms with Crippen molar-refractivity contribution in [2.24, 2.45) is 5.92 Å². The number of nitrogens with one attached hydrogen (secondary N) is 2. The highest BCUT2D eigenvalue weighted by molar-refractivity contribution is 5.94. The van der Waals surface area contributed by atoms with Crippen molar-refractivity contribution in [2.45, 2.75) is 46.1 Å². The number of carbonyl (C=O) groups excluding carboxylic acids is 1. The number of rotatable bonds is 3. The zero-order valence-electron chi connectivity index (χ0n) is 12.1. The molecule has 1 aliphatic heterocycles. The Bertz CT molecular complexity index is 448. The molecule has 1 aromatic rings. The van der Waals surface area contributed by atoms with Gasteiger partial charge in [0.05, 0.1) is 5.92 Å². The highest BCUT2D eigenvalue weighted by atomic mass is 16.1. The second kappa shape index (κ2) is 6.20. The van der Waals surface area contributed by atoms with Gasteiger partial charge in [0.2, 0.25) is 5.91 Å². The predicted octanol–water partition coefficient (Wildman–Crippen LogP) is 2.88. The molecule has 1 amide bonds. The molecule has 3 nitrogen and oxygen atoms in total. The first-order valence-corrected chi connectivity index (χ1v) is 7.24. The van der Waals surface area contributed by atoms with Crippen molar-refractivity contribution < 1.29 is 4.79 Å². The van der Waals surface area contributed by atoms with Gasteiger partial charge >= 0.3 is 0 Å². The minimum absolute atomic E-state index is 0.0977. The Morgan fingerprint density at radius 1 is 1.42 bits per heavy atom. The molecule has 2 rings (SSSR count). The summed E-state index contributed by atoms with van der Waals surface area (Å²) in [7, 11) is 0. The van der Waals surface area contributed by atoms with Gasteiger partial charge in [0.25, 0.3) is 0 Å². The van der Waals surface area contributed by atoms with Gasteiger partial charge in [0, 0.05) is 18.3 Å². The standard InChI is InChI=1S/C16H24N2O/c1-4-13-7-5-6-11(2)15(13)18-16(19)14-9-8-12(3)17-10-14/h5-7,12,14,17H,4,8-10H2,1-3H3,(H,18,19). The molecule has 0 spiro atoms. The molecule has 0 aromatic heterocycles. The second-order valence-corrected chi connectivity index (χ2v) is 5.54. The third-order valence-electron chi connectivity index (χ3n) is 4.02. The van der Waals surface area contributed by atoms with Crippen molar-refractivity contribution in [3.63, 3.8) is 0 Å². The van der Waals surface area contributed by atoms with Gasteiger partial charge in [-0.3, -0.25) is 4.79 Å². The molecule has 1 aromatic carbocycles. The first-order chi connectivity index (χ1) is 9.11. The van der Waals surface area contributed by atoms with E-state index in [-0.39, 0.29) is 11.8 Å². The largest absolute Gasteiger partial charge is 0.325 e. The summed E-state index contributed by atoms with van der Waals surface area (Å²) < 4.78 is 0. The van der Waals surface area contributed by atoms with Crippen molar-refractivity contribution in [3.8, 4) is 0 Å². The highest BCUT2D eigenvalue weighted by Gasteiger charge is 2.24. The van der Waals surface area contributed by atoms with Crippen LogP contribution in [0.1, 0.15) is 37.8 Å².